The molecule has 1 aliphatic carbocycles. The maximum Gasteiger partial charge on any atom is 0.354 e. The molecule has 1 fully saturated rings. The molecule has 1 saturated carbocycles. The Labute approximate surface area is 201 Å². The van der Waals surface area contributed by atoms with E-state index < -0.39 is 0 Å². The molecule has 0 spiro atoms. The van der Waals surface area contributed by atoms with Crippen LogP contribution in [0, 0.1) is 24.7 Å². The van der Waals surface area contributed by atoms with Gasteiger partial charge in [-0.1, -0.05) is 87.4 Å². The maximum atomic E-state index is 13.4. The zero-order valence-corrected chi connectivity index (χ0v) is 20.7. The van der Waals surface area contributed by atoms with Gasteiger partial charge < -0.3 is 9.47 Å². The van der Waals surface area contributed by atoms with Gasteiger partial charge in [-0.15, -0.1) is 11.3 Å². The largest absolute Gasteiger partial charge is 0.472 e. The zero-order chi connectivity index (χ0) is 23.4. The van der Waals surface area contributed by atoms with E-state index in [1.165, 1.54) is 23.3 Å². The Morgan fingerprint density at radius 1 is 1.09 bits per heavy atom. The number of thiazole rings is 1. The first-order chi connectivity index (χ1) is 15.9. The number of carbonyl (C=O) groups excluding carboxylic acids is 1. The number of hydrogen-bond donors (Lipinski definition) is 0. The first-order valence-corrected chi connectivity index (χ1v) is 12.7. The minimum atomic E-state index is -0.321. The van der Waals surface area contributed by atoms with Gasteiger partial charge >= 0.3 is 5.97 Å². The first kappa shape index (κ1) is 23.5. The summed E-state index contributed by atoms with van der Waals surface area (Å²) in [7, 11) is 0. The fourth-order valence-electron chi connectivity index (χ4n) is 4.52. The molecule has 0 amide bonds. The summed E-state index contributed by atoms with van der Waals surface area (Å²) in [5, 5.41) is 0.766. The molecule has 3 aromatic rings. The summed E-state index contributed by atoms with van der Waals surface area (Å²) in [4.78, 5) is 18.5. The predicted molar refractivity (Wildman–Crippen MR) is 134 cm³/mol. The molecule has 3 atom stereocenters. The summed E-state index contributed by atoms with van der Waals surface area (Å²) < 4.78 is 12.2. The van der Waals surface area contributed by atoms with Crippen LogP contribution >= 0.6 is 11.3 Å². The second-order valence-corrected chi connectivity index (χ2v) is 10.6. The van der Waals surface area contributed by atoms with E-state index in [1.54, 1.807) is 0 Å². The molecule has 2 aromatic carbocycles. The lowest BCUT2D eigenvalue weighted by molar-refractivity contribution is -0.0172. The third-order valence-corrected chi connectivity index (χ3v) is 7.58. The molecule has 0 N–H and O–H groups in total. The van der Waals surface area contributed by atoms with Gasteiger partial charge in [0.1, 0.15) is 17.7 Å². The van der Waals surface area contributed by atoms with Crippen molar-refractivity contribution in [2.24, 2.45) is 17.8 Å². The van der Waals surface area contributed by atoms with Crippen LogP contribution in [-0.4, -0.2) is 17.1 Å². The second-order valence-electron chi connectivity index (χ2n) is 9.56. The van der Waals surface area contributed by atoms with Crippen molar-refractivity contribution in [3.63, 3.8) is 0 Å². The number of hydrogen-bond acceptors (Lipinski definition) is 5. The number of rotatable bonds is 7. The van der Waals surface area contributed by atoms with E-state index in [4.69, 9.17) is 14.5 Å². The van der Waals surface area contributed by atoms with Gasteiger partial charge in [0, 0.05) is 5.56 Å². The van der Waals surface area contributed by atoms with E-state index in [2.05, 4.69) is 39.8 Å². The summed E-state index contributed by atoms with van der Waals surface area (Å²) in [6.07, 6.45) is 3.15. The van der Waals surface area contributed by atoms with Crippen LogP contribution in [-0.2, 0) is 11.3 Å². The monoisotopic (exact) mass is 463 g/mol. The van der Waals surface area contributed by atoms with Crippen LogP contribution in [0.3, 0.4) is 0 Å². The highest BCUT2D eigenvalue weighted by molar-refractivity contribution is 7.17. The molecule has 174 valence electrons. The van der Waals surface area contributed by atoms with E-state index in [9.17, 15) is 4.79 Å². The summed E-state index contributed by atoms with van der Waals surface area (Å²) in [6.45, 7) is 9.09. The average Bonchev–Trinajstić information content (AvgIpc) is 3.23. The number of carbonyl (C=O) groups is 1. The predicted octanol–water partition coefficient (Wildman–Crippen LogP) is 7.32. The normalized spacial score (nSPS) is 20.6. The summed E-state index contributed by atoms with van der Waals surface area (Å²) in [6, 6.07) is 18.1. The molecule has 0 aliphatic heterocycles. The first-order valence-electron chi connectivity index (χ1n) is 11.9. The maximum absolute atomic E-state index is 13.4. The molecule has 0 unspecified atom stereocenters. The third-order valence-electron chi connectivity index (χ3n) is 6.52. The highest BCUT2D eigenvalue weighted by Crippen LogP contribution is 2.38. The Balaban J connectivity index is 1.59. The standard InChI is InChI=1S/C28H33NO3S/c1-18(2)23-15-12-20(4)16-24(23)32-28(30)25-26(31-17-21-8-6-5-7-9-21)29-27(33-25)22-13-10-19(3)11-14-22/h5-11,13-14,18,20,23-24H,12,15-17H2,1-4H3/t20-,23+,24-/m1/s1. The third kappa shape index (κ3) is 5.83. The Hall–Kier alpha value is -2.66. The zero-order valence-electron chi connectivity index (χ0n) is 19.9. The molecular formula is C28H33NO3S. The summed E-state index contributed by atoms with van der Waals surface area (Å²) in [5.74, 6) is 1.47. The van der Waals surface area contributed by atoms with Crippen molar-refractivity contribution in [2.75, 3.05) is 0 Å². The van der Waals surface area contributed by atoms with Crippen LogP contribution in [0.2, 0.25) is 0 Å². The lowest BCUT2D eigenvalue weighted by atomic mass is 9.75. The topological polar surface area (TPSA) is 48.4 Å². The van der Waals surface area contributed by atoms with E-state index in [-0.39, 0.29) is 12.1 Å². The minimum absolute atomic E-state index is 0.0619. The fourth-order valence-corrected chi connectivity index (χ4v) is 5.42. The van der Waals surface area contributed by atoms with Crippen LogP contribution in [0.15, 0.2) is 54.6 Å². The molecule has 4 nitrogen and oxygen atoms in total. The molecule has 0 saturated heterocycles. The van der Waals surface area contributed by atoms with Crippen LogP contribution in [0.1, 0.15) is 60.8 Å². The summed E-state index contributed by atoms with van der Waals surface area (Å²) in [5.41, 5.74) is 3.19. The van der Waals surface area contributed by atoms with Gasteiger partial charge in [0.25, 0.3) is 0 Å². The van der Waals surface area contributed by atoms with Crippen LogP contribution < -0.4 is 4.74 Å². The molecular weight excluding hydrogens is 430 g/mol. The average molecular weight is 464 g/mol. The van der Waals surface area contributed by atoms with Gasteiger partial charge in [0.2, 0.25) is 5.88 Å². The van der Waals surface area contributed by atoms with E-state index in [0.717, 1.165) is 29.0 Å². The van der Waals surface area contributed by atoms with Crippen molar-refractivity contribution < 1.29 is 14.3 Å². The number of ether oxygens (including phenoxy) is 2. The molecule has 0 bridgehead atoms. The van der Waals surface area contributed by atoms with Gasteiger partial charge in [-0.3, -0.25) is 0 Å². The van der Waals surface area contributed by atoms with Crippen molar-refractivity contribution in [3.05, 3.63) is 70.6 Å². The van der Waals surface area contributed by atoms with Gasteiger partial charge in [0.05, 0.1) is 0 Å². The van der Waals surface area contributed by atoms with Gasteiger partial charge in [-0.2, -0.15) is 0 Å². The smallest absolute Gasteiger partial charge is 0.354 e. The Morgan fingerprint density at radius 3 is 2.52 bits per heavy atom. The SMILES string of the molecule is Cc1ccc(-c2nc(OCc3ccccc3)c(C(=O)O[C@@H]3C[C@H](C)CC[C@H]3C(C)C)s2)cc1. The number of nitrogens with zero attached hydrogens (tertiary/aromatic N) is 1. The number of esters is 1. The van der Waals surface area contributed by atoms with Crippen molar-refractivity contribution in [1.82, 2.24) is 4.98 Å². The Kier molecular flexibility index (Phi) is 7.49. The molecule has 4 rings (SSSR count). The quantitative estimate of drug-likeness (QED) is 0.345. The second kappa shape index (κ2) is 10.5. The Bertz CT molecular complexity index is 1060. The molecule has 1 aliphatic rings. The van der Waals surface area contributed by atoms with Crippen molar-refractivity contribution >= 4 is 17.3 Å². The lowest BCUT2D eigenvalue weighted by Crippen LogP contribution is -2.35. The van der Waals surface area contributed by atoms with Crippen molar-refractivity contribution in [1.29, 1.82) is 0 Å². The molecule has 1 heterocycles. The number of benzene rings is 2. The van der Waals surface area contributed by atoms with E-state index in [0.29, 0.717) is 35.1 Å². The highest BCUT2D eigenvalue weighted by Gasteiger charge is 2.35. The van der Waals surface area contributed by atoms with E-state index in [1.807, 2.05) is 42.5 Å². The molecule has 33 heavy (non-hydrogen) atoms. The molecule has 0 radical (unpaired) electrons. The molecule has 5 heteroatoms. The Morgan fingerprint density at radius 2 is 1.82 bits per heavy atom. The number of aromatic nitrogens is 1. The number of aryl methyl sites for hydroxylation is 1. The van der Waals surface area contributed by atoms with Crippen LogP contribution in [0.25, 0.3) is 10.6 Å². The van der Waals surface area contributed by atoms with Crippen LogP contribution in [0.4, 0.5) is 0 Å². The van der Waals surface area contributed by atoms with Crippen LogP contribution in [0.5, 0.6) is 5.88 Å². The fraction of sp³-hybridized carbons (Fsp3) is 0.429. The highest BCUT2D eigenvalue weighted by atomic mass is 32.1. The summed E-state index contributed by atoms with van der Waals surface area (Å²) >= 11 is 1.35. The van der Waals surface area contributed by atoms with E-state index >= 15 is 0 Å². The minimum Gasteiger partial charge on any atom is -0.472 e. The van der Waals surface area contributed by atoms with Crippen molar-refractivity contribution in [3.8, 4) is 16.5 Å². The van der Waals surface area contributed by atoms with Gasteiger partial charge in [-0.05, 0) is 43.1 Å². The lowest BCUT2D eigenvalue weighted by Gasteiger charge is -2.36. The van der Waals surface area contributed by atoms with Crippen molar-refractivity contribution in [2.45, 2.75) is 59.7 Å². The van der Waals surface area contributed by atoms with Gasteiger partial charge in [-0.25, -0.2) is 9.78 Å². The molecule has 1 aromatic heterocycles. The van der Waals surface area contributed by atoms with Gasteiger partial charge in [0.15, 0.2) is 4.88 Å².